The molecular formula is C17H27N3O. The van der Waals surface area contributed by atoms with Crippen LogP contribution in [0.5, 0.6) is 0 Å². The SMILES string of the molecule is CCNC(=NCc1ccccc1)NCC1(O)CCCCC1. The Hall–Kier alpha value is -1.55. The first kappa shape index (κ1) is 15.8. The highest BCUT2D eigenvalue weighted by Crippen LogP contribution is 2.27. The first-order chi connectivity index (χ1) is 10.2. The number of benzene rings is 1. The van der Waals surface area contributed by atoms with Gasteiger partial charge in [0.15, 0.2) is 5.96 Å². The molecule has 1 aromatic rings. The summed E-state index contributed by atoms with van der Waals surface area (Å²) >= 11 is 0. The minimum Gasteiger partial charge on any atom is -0.388 e. The maximum Gasteiger partial charge on any atom is 0.191 e. The Bertz CT molecular complexity index is 439. The van der Waals surface area contributed by atoms with E-state index in [0.29, 0.717) is 13.1 Å². The number of nitrogens with zero attached hydrogens (tertiary/aromatic N) is 1. The lowest BCUT2D eigenvalue weighted by Gasteiger charge is -2.32. The summed E-state index contributed by atoms with van der Waals surface area (Å²) in [7, 11) is 0. The molecule has 0 spiro atoms. The molecule has 4 heteroatoms. The minimum absolute atomic E-state index is 0.568. The van der Waals surface area contributed by atoms with Crippen molar-refractivity contribution < 1.29 is 5.11 Å². The number of aliphatic hydroxyl groups is 1. The Labute approximate surface area is 127 Å². The lowest BCUT2D eigenvalue weighted by atomic mass is 9.85. The standard InChI is InChI=1S/C17H27N3O/c1-2-18-16(19-13-15-9-5-3-6-10-15)20-14-17(21)11-7-4-8-12-17/h3,5-6,9-10,21H,2,4,7-8,11-14H2,1H3,(H2,18,19,20). The second-order valence-corrected chi connectivity index (χ2v) is 5.82. The summed E-state index contributed by atoms with van der Waals surface area (Å²) in [6, 6.07) is 10.2. The molecule has 0 saturated heterocycles. The fourth-order valence-corrected chi connectivity index (χ4v) is 2.73. The van der Waals surface area contributed by atoms with E-state index in [1.807, 2.05) is 18.2 Å². The van der Waals surface area contributed by atoms with Gasteiger partial charge in [0.2, 0.25) is 0 Å². The number of hydrogen-bond acceptors (Lipinski definition) is 2. The first-order valence-electron chi connectivity index (χ1n) is 8.00. The maximum absolute atomic E-state index is 10.5. The zero-order valence-electron chi connectivity index (χ0n) is 12.9. The van der Waals surface area contributed by atoms with Crippen molar-refractivity contribution in [3.05, 3.63) is 35.9 Å². The molecule has 1 aliphatic carbocycles. The minimum atomic E-state index is -0.568. The molecule has 0 atom stereocenters. The van der Waals surface area contributed by atoms with Gasteiger partial charge in [-0.1, -0.05) is 49.6 Å². The van der Waals surface area contributed by atoms with Gasteiger partial charge in [-0.25, -0.2) is 4.99 Å². The normalized spacial score (nSPS) is 18.3. The number of hydrogen-bond donors (Lipinski definition) is 3. The molecule has 0 aliphatic heterocycles. The topological polar surface area (TPSA) is 56.7 Å². The number of aliphatic imine (C=N–C) groups is 1. The smallest absolute Gasteiger partial charge is 0.191 e. The molecule has 116 valence electrons. The Morgan fingerprint density at radius 3 is 2.52 bits per heavy atom. The van der Waals surface area contributed by atoms with Gasteiger partial charge >= 0.3 is 0 Å². The van der Waals surface area contributed by atoms with E-state index in [2.05, 4.69) is 34.7 Å². The summed E-state index contributed by atoms with van der Waals surface area (Å²) in [5.74, 6) is 0.778. The molecule has 0 unspecified atom stereocenters. The van der Waals surface area contributed by atoms with E-state index < -0.39 is 5.60 Å². The van der Waals surface area contributed by atoms with Crippen LogP contribution in [-0.2, 0) is 6.54 Å². The lowest BCUT2D eigenvalue weighted by molar-refractivity contribution is 0.00859. The number of nitrogens with one attached hydrogen (secondary N) is 2. The second-order valence-electron chi connectivity index (χ2n) is 5.82. The van der Waals surface area contributed by atoms with Crippen molar-refractivity contribution in [1.29, 1.82) is 0 Å². The first-order valence-corrected chi connectivity index (χ1v) is 8.00. The predicted octanol–water partition coefficient (Wildman–Crippen LogP) is 2.44. The van der Waals surface area contributed by atoms with E-state index in [1.54, 1.807) is 0 Å². The molecule has 0 aromatic heterocycles. The van der Waals surface area contributed by atoms with Crippen LogP contribution in [0, 0.1) is 0 Å². The van der Waals surface area contributed by atoms with Crippen molar-refractivity contribution in [3.63, 3.8) is 0 Å². The van der Waals surface area contributed by atoms with Crippen LogP contribution in [0.25, 0.3) is 0 Å². The van der Waals surface area contributed by atoms with E-state index in [1.165, 1.54) is 12.0 Å². The molecule has 0 radical (unpaired) electrons. The van der Waals surface area contributed by atoms with Gasteiger partial charge in [-0.2, -0.15) is 0 Å². The van der Waals surface area contributed by atoms with Gasteiger partial charge in [0.25, 0.3) is 0 Å². The fraction of sp³-hybridized carbons (Fsp3) is 0.588. The van der Waals surface area contributed by atoms with E-state index >= 15 is 0 Å². The van der Waals surface area contributed by atoms with E-state index in [4.69, 9.17) is 0 Å². The molecule has 21 heavy (non-hydrogen) atoms. The largest absolute Gasteiger partial charge is 0.388 e. The molecule has 0 heterocycles. The van der Waals surface area contributed by atoms with Crippen molar-refractivity contribution in [2.75, 3.05) is 13.1 Å². The van der Waals surface area contributed by atoms with E-state index in [9.17, 15) is 5.11 Å². The summed E-state index contributed by atoms with van der Waals surface area (Å²) in [6.45, 7) is 4.09. The zero-order chi connectivity index (χ0) is 15.0. The van der Waals surface area contributed by atoms with Gasteiger partial charge in [0.05, 0.1) is 12.1 Å². The molecular weight excluding hydrogens is 262 g/mol. The third-order valence-electron chi connectivity index (χ3n) is 3.98. The molecule has 1 fully saturated rings. The Morgan fingerprint density at radius 2 is 1.86 bits per heavy atom. The van der Waals surface area contributed by atoms with Crippen molar-refractivity contribution in [2.45, 2.75) is 51.2 Å². The monoisotopic (exact) mass is 289 g/mol. The van der Waals surface area contributed by atoms with Crippen LogP contribution in [0.3, 0.4) is 0 Å². The molecule has 2 rings (SSSR count). The summed E-state index contributed by atoms with van der Waals surface area (Å²) in [5, 5.41) is 17.1. The zero-order valence-corrected chi connectivity index (χ0v) is 12.9. The molecule has 0 amide bonds. The van der Waals surface area contributed by atoms with Gasteiger partial charge in [-0.3, -0.25) is 0 Å². The molecule has 1 aliphatic rings. The van der Waals surface area contributed by atoms with Crippen LogP contribution >= 0.6 is 0 Å². The van der Waals surface area contributed by atoms with Crippen LogP contribution in [0.15, 0.2) is 35.3 Å². The highest BCUT2D eigenvalue weighted by atomic mass is 16.3. The molecule has 1 aromatic carbocycles. The van der Waals surface area contributed by atoms with Gasteiger partial charge in [0.1, 0.15) is 0 Å². The predicted molar refractivity (Wildman–Crippen MR) is 87.3 cm³/mol. The summed E-state index contributed by atoms with van der Waals surface area (Å²) in [4.78, 5) is 4.58. The average molecular weight is 289 g/mol. The third kappa shape index (κ3) is 5.38. The van der Waals surface area contributed by atoms with Crippen molar-refractivity contribution in [2.24, 2.45) is 4.99 Å². The second kappa shape index (κ2) is 8.03. The van der Waals surface area contributed by atoms with Crippen LogP contribution in [0.4, 0.5) is 0 Å². The average Bonchev–Trinajstić information content (AvgIpc) is 2.52. The van der Waals surface area contributed by atoms with Crippen molar-refractivity contribution >= 4 is 5.96 Å². The van der Waals surface area contributed by atoms with E-state index in [-0.39, 0.29) is 0 Å². The van der Waals surface area contributed by atoms with Crippen LogP contribution in [0.2, 0.25) is 0 Å². The highest BCUT2D eigenvalue weighted by molar-refractivity contribution is 5.79. The van der Waals surface area contributed by atoms with E-state index in [0.717, 1.165) is 38.2 Å². The van der Waals surface area contributed by atoms with Gasteiger partial charge in [-0.15, -0.1) is 0 Å². The molecule has 0 bridgehead atoms. The van der Waals surface area contributed by atoms with Crippen LogP contribution in [0.1, 0.15) is 44.6 Å². The van der Waals surface area contributed by atoms with Gasteiger partial charge in [0, 0.05) is 13.1 Å². The molecule has 1 saturated carbocycles. The molecule has 4 nitrogen and oxygen atoms in total. The Balaban J connectivity index is 1.89. The molecule has 3 N–H and O–H groups in total. The van der Waals surface area contributed by atoms with Crippen molar-refractivity contribution in [1.82, 2.24) is 10.6 Å². The number of guanidine groups is 1. The summed E-state index contributed by atoms with van der Waals surface area (Å²) in [5.41, 5.74) is 0.618. The van der Waals surface area contributed by atoms with Crippen LogP contribution < -0.4 is 10.6 Å². The third-order valence-corrected chi connectivity index (χ3v) is 3.98. The quantitative estimate of drug-likeness (QED) is 0.576. The fourth-order valence-electron chi connectivity index (χ4n) is 2.73. The maximum atomic E-state index is 10.5. The lowest BCUT2D eigenvalue weighted by Crippen LogP contribution is -2.48. The van der Waals surface area contributed by atoms with Gasteiger partial charge in [-0.05, 0) is 25.3 Å². The Morgan fingerprint density at radius 1 is 1.14 bits per heavy atom. The van der Waals surface area contributed by atoms with Crippen LogP contribution in [-0.4, -0.2) is 29.8 Å². The summed E-state index contributed by atoms with van der Waals surface area (Å²) in [6.07, 6.45) is 5.26. The number of rotatable bonds is 5. The Kier molecular flexibility index (Phi) is 6.05. The summed E-state index contributed by atoms with van der Waals surface area (Å²) < 4.78 is 0. The van der Waals surface area contributed by atoms with Crippen molar-refractivity contribution in [3.8, 4) is 0 Å². The van der Waals surface area contributed by atoms with Gasteiger partial charge < -0.3 is 15.7 Å². The highest BCUT2D eigenvalue weighted by Gasteiger charge is 2.29.